The molecular formula is C14H19F2N3O3. The van der Waals surface area contributed by atoms with Crippen molar-refractivity contribution in [1.82, 2.24) is 15.5 Å². The third-order valence-corrected chi connectivity index (χ3v) is 2.60. The Bertz CT molecular complexity index is 495. The van der Waals surface area contributed by atoms with Gasteiger partial charge in [0.15, 0.2) is 0 Å². The number of carbonyl (C=O) groups is 2. The van der Waals surface area contributed by atoms with Gasteiger partial charge >= 0.3 is 12.6 Å². The summed E-state index contributed by atoms with van der Waals surface area (Å²) in [6.45, 7) is -0.212. The molecule has 8 heteroatoms. The summed E-state index contributed by atoms with van der Waals surface area (Å²) in [6, 6.07) is 5.61. The van der Waals surface area contributed by atoms with Crippen molar-refractivity contribution >= 4 is 11.9 Å². The lowest BCUT2D eigenvalue weighted by Crippen LogP contribution is -2.43. The topological polar surface area (TPSA) is 70.7 Å². The highest BCUT2D eigenvalue weighted by molar-refractivity contribution is 5.95. The van der Waals surface area contributed by atoms with E-state index in [1.807, 2.05) is 0 Å². The molecular weight excluding hydrogens is 296 g/mol. The fourth-order valence-corrected chi connectivity index (χ4v) is 1.76. The molecule has 1 rings (SSSR count). The second kappa shape index (κ2) is 8.93. The SMILES string of the molecule is CCNC(=O)NC(=O)CN(C)Cc1ccc(OC(F)F)cc1. The molecule has 0 radical (unpaired) electrons. The number of halogens is 2. The molecule has 0 fully saturated rings. The van der Waals surface area contributed by atoms with E-state index in [9.17, 15) is 18.4 Å². The fourth-order valence-electron chi connectivity index (χ4n) is 1.76. The first-order valence-electron chi connectivity index (χ1n) is 6.70. The van der Waals surface area contributed by atoms with Crippen LogP contribution in [-0.2, 0) is 11.3 Å². The molecule has 0 aliphatic heterocycles. The van der Waals surface area contributed by atoms with Crippen LogP contribution >= 0.6 is 0 Å². The van der Waals surface area contributed by atoms with Gasteiger partial charge in [0.25, 0.3) is 0 Å². The van der Waals surface area contributed by atoms with E-state index in [0.717, 1.165) is 5.56 Å². The summed E-state index contributed by atoms with van der Waals surface area (Å²) in [7, 11) is 1.71. The van der Waals surface area contributed by atoms with E-state index in [0.29, 0.717) is 13.1 Å². The molecule has 22 heavy (non-hydrogen) atoms. The molecule has 2 N–H and O–H groups in total. The maximum absolute atomic E-state index is 12.0. The molecule has 0 aromatic heterocycles. The lowest BCUT2D eigenvalue weighted by atomic mass is 10.2. The maximum Gasteiger partial charge on any atom is 0.387 e. The van der Waals surface area contributed by atoms with Crippen molar-refractivity contribution < 1.29 is 23.1 Å². The monoisotopic (exact) mass is 315 g/mol. The summed E-state index contributed by atoms with van der Waals surface area (Å²) in [4.78, 5) is 24.5. The molecule has 0 aliphatic carbocycles. The first-order chi connectivity index (χ1) is 10.4. The van der Waals surface area contributed by atoms with Gasteiger partial charge in [0.1, 0.15) is 5.75 Å². The van der Waals surface area contributed by atoms with Crippen LogP contribution in [0.1, 0.15) is 12.5 Å². The second-order valence-corrected chi connectivity index (χ2v) is 4.60. The number of hydrogen-bond donors (Lipinski definition) is 2. The number of imide groups is 1. The van der Waals surface area contributed by atoms with Gasteiger partial charge in [0.2, 0.25) is 5.91 Å². The van der Waals surface area contributed by atoms with Crippen LogP contribution in [0.15, 0.2) is 24.3 Å². The molecule has 0 atom stereocenters. The Morgan fingerprint density at radius 2 is 1.91 bits per heavy atom. The summed E-state index contributed by atoms with van der Waals surface area (Å²) in [5, 5.41) is 4.65. The van der Waals surface area contributed by atoms with E-state index >= 15 is 0 Å². The summed E-state index contributed by atoms with van der Waals surface area (Å²) in [5.41, 5.74) is 0.829. The van der Waals surface area contributed by atoms with Crippen LogP contribution in [0.4, 0.5) is 13.6 Å². The van der Waals surface area contributed by atoms with Crippen LogP contribution < -0.4 is 15.4 Å². The molecule has 3 amide bonds. The zero-order valence-electron chi connectivity index (χ0n) is 12.4. The molecule has 1 aromatic carbocycles. The summed E-state index contributed by atoms with van der Waals surface area (Å²) in [5.74, 6) is -0.346. The van der Waals surface area contributed by atoms with Gasteiger partial charge in [0.05, 0.1) is 6.54 Å². The lowest BCUT2D eigenvalue weighted by Gasteiger charge is -2.16. The largest absolute Gasteiger partial charge is 0.435 e. The minimum atomic E-state index is -2.86. The third-order valence-electron chi connectivity index (χ3n) is 2.60. The molecule has 122 valence electrons. The summed E-state index contributed by atoms with van der Waals surface area (Å²) >= 11 is 0. The number of ether oxygens (including phenoxy) is 1. The number of amides is 3. The van der Waals surface area contributed by atoms with Gasteiger partial charge < -0.3 is 10.1 Å². The van der Waals surface area contributed by atoms with E-state index < -0.39 is 18.5 Å². The zero-order chi connectivity index (χ0) is 16.5. The van der Waals surface area contributed by atoms with Crippen molar-refractivity contribution in [2.75, 3.05) is 20.1 Å². The number of benzene rings is 1. The molecule has 0 saturated heterocycles. The molecule has 1 aromatic rings. The third kappa shape index (κ3) is 6.98. The van der Waals surface area contributed by atoms with Crippen molar-refractivity contribution in [3.05, 3.63) is 29.8 Å². The van der Waals surface area contributed by atoms with Gasteiger partial charge in [-0.15, -0.1) is 0 Å². The minimum Gasteiger partial charge on any atom is -0.435 e. The number of urea groups is 1. The smallest absolute Gasteiger partial charge is 0.387 e. The van der Waals surface area contributed by atoms with Gasteiger partial charge in [0, 0.05) is 13.1 Å². The van der Waals surface area contributed by atoms with Crippen LogP contribution in [0.25, 0.3) is 0 Å². The second-order valence-electron chi connectivity index (χ2n) is 4.60. The predicted octanol–water partition coefficient (Wildman–Crippen LogP) is 1.57. The Kier molecular flexibility index (Phi) is 7.24. The Morgan fingerprint density at radius 3 is 2.45 bits per heavy atom. The van der Waals surface area contributed by atoms with Crippen molar-refractivity contribution in [3.8, 4) is 5.75 Å². The summed E-state index contributed by atoms with van der Waals surface area (Å²) < 4.78 is 28.3. The van der Waals surface area contributed by atoms with Crippen molar-refractivity contribution in [3.63, 3.8) is 0 Å². The number of nitrogens with one attached hydrogen (secondary N) is 2. The van der Waals surface area contributed by atoms with Crippen LogP contribution in [0, 0.1) is 0 Å². The van der Waals surface area contributed by atoms with Crippen molar-refractivity contribution in [2.45, 2.75) is 20.1 Å². The average molecular weight is 315 g/mol. The van der Waals surface area contributed by atoms with Crippen molar-refractivity contribution in [1.29, 1.82) is 0 Å². The first kappa shape index (κ1) is 17.8. The van der Waals surface area contributed by atoms with Crippen LogP contribution in [0.5, 0.6) is 5.75 Å². The predicted molar refractivity (Wildman–Crippen MR) is 76.6 cm³/mol. The van der Waals surface area contributed by atoms with E-state index in [2.05, 4.69) is 15.4 Å². The minimum absolute atomic E-state index is 0.0341. The Morgan fingerprint density at radius 1 is 1.27 bits per heavy atom. The highest BCUT2D eigenvalue weighted by atomic mass is 19.3. The van der Waals surface area contributed by atoms with Gasteiger partial charge in [-0.2, -0.15) is 8.78 Å². The molecule has 0 unspecified atom stereocenters. The average Bonchev–Trinajstić information content (AvgIpc) is 2.40. The molecule has 0 spiro atoms. The molecule has 0 aliphatic rings. The highest BCUT2D eigenvalue weighted by Crippen LogP contribution is 2.15. The number of nitrogens with zero attached hydrogens (tertiary/aromatic N) is 1. The quantitative estimate of drug-likeness (QED) is 0.801. The highest BCUT2D eigenvalue weighted by Gasteiger charge is 2.10. The molecule has 0 heterocycles. The van der Waals surface area contributed by atoms with E-state index in [1.165, 1.54) is 12.1 Å². The fraction of sp³-hybridized carbons (Fsp3) is 0.429. The van der Waals surface area contributed by atoms with Crippen molar-refractivity contribution in [2.24, 2.45) is 0 Å². The van der Waals surface area contributed by atoms with Crippen LogP contribution in [0.2, 0.25) is 0 Å². The summed E-state index contributed by atoms with van der Waals surface area (Å²) in [6.07, 6.45) is 0. The maximum atomic E-state index is 12.0. The first-order valence-corrected chi connectivity index (χ1v) is 6.70. The number of hydrogen-bond acceptors (Lipinski definition) is 4. The van der Waals surface area contributed by atoms with E-state index in [4.69, 9.17) is 0 Å². The van der Waals surface area contributed by atoms with E-state index in [-0.39, 0.29) is 12.3 Å². The Hall–Kier alpha value is -2.22. The van der Waals surface area contributed by atoms with Crippen LogP contribution in [-0.4, -0.2) is 43.6 Å². The Labute approximate surface area is 127 Å². The normalized spacial score (nSPS) is 10.6. The number of rotatable bonds is 7. The van der Waals surface area contributed by atoms with E-state index in [1.54, 1.807) is 31.0 Å². The standard InChI is InChI=1S/C14H19F2N3O3/c1-3-17-14(21)18-12(20)9-19(2)8-10-4-6-11(7-5-10)22-13(15)16/h4-7,13H,3,8-9H2,1-2H3,(H2,17,18,20,21). The van der Waals surface area contributed by atoms with Crippen LogP contribution in [0.3, 0.4) is 0 Å². The van der Waals surface area contributed by atoms with Gasteiger partial charge in [-0.25, -0.2) is 4.79 Å². The lowest BCUT2D eigenvalue weighted by molar-refractivity contribution is -0.121. The number of likely N-dealkylation sites (N-methyl/N-ethyl adjacent to an activating group) is 1. The van der Waals surface area contributed by atoms with Gasteiger partial charge in [-0.1, -0.05) is 12.1 Å². The zero-order valence-corrected chi connectivity index (χ0v) is 12.4. The van der Waals surface area contributed by atoms with Gasteiger partial charge in [-0.3, -0.25) is 15.0 Å². The molecule has 0 bridgehead atoms. The Balaban J connectivity index is 2.42. The number of carbonyl (C=O) groups excluding carboxylic acids is 2. The molecule has 6 nitrogen and oxygen atoms in total. The number of alkyl halides is 2. The molecule has 0 saturated carbocycles. The van der Waals surface area contributed by atoms with Gasteiger partial charge in [-0.05, 0) is 31.7 Å².